The van der Waals surface area contributed by atoms with Gasteiger partial charge in [0.15, 0.2) is 0 Å². The quantitative estimate of drug-likeness (QED) is 0.587. The van der Waals surface area contributed by atoms with Gasteiger partial charge in [-0.3, -0.25) is 0 Å². The minimum absolute atomic E-state index is 0.0154. The monoisotopic (exact) mass is 280 g/mol. The van der Waals surface area contributed by atoms with Crippen molar-refractivity contribution in [3.63, 3.8) is 0 Å². The standard InChI is InChI=1S/C16H21FO3/c1-2-9-19-10-11-20-13-15-7-6-14(12-16(15)17)5-3-4-8-18/h6-7,12,18H,2,4,8-11,13H2,1H3. The molecule has 0 unspecified atom stereocenters. The van der Waals surface area contributed by atoms with Gasteiger partial charge in [-0.05, 0) is 18.6 Å². The minimum Gasteiger partial charge on any atom is -0.395 e. The highest BCUT2D eigenvalue weighted by Crippen LogP contribution is 2.11. The van der Waals surface area contributed by atoms with Crippen LogP contribution in [0.25, 0.3) is 0 Å². The van der Waals surface area contributed by atoms with Crippen molar-refractivity contribution in [1.29, 1.82) is 0 Å². The highest BCUT2D eigenvalue weighted by molar-refractivity contribution is 5.36. The lowest BCUT2D eigenvalue weighted by Gasteiger charge is -2.06. The van der Waals surface area contributed by atoms with Crippen molar-refractivity contribution in [2.45, 2.75) is 26.4 Å². The van der Waals surface area contributed by atoms with Crippen molar-refractivity contribution >= 4 is 0 Å². The van der Waals surface area contributed by atoms with Crippen LogP contribution >= 0.6 is 0 Å². The molecular formula is C16H21FO3. The van der Waals surface area contributed by atoms with E-state index in [1.165, 1.54) is 6.07 Å². The molecule has 0 spiro atoms. The second kappa shape index (κ2) is 10.4. The predicted octanol–water partition coefficient (Wildman–Crippen LogP) is 2.50. The molecule has 4 heteroatoms. The summed E-state index contributed by atoms with van der Waals surface area (Å²) in [5.41, 5.74) is 1.11. The molecule has 0 bridgehead atoms. The molecule has 0 aliphatic rings. The summed E-state index contributed by atoms with van der Waals surface area (Å²) < 4.78 is 24.4. The van der Waals surface area contributed by atoms with Crippen molar-refractivity contribution in [2.75, 3.05) is 26.4 Å². The maximum Gasteiger partial charge on any atom is 0.129 e. The summed E-state index contributed by atoms with van der Waals surface area (Å²) in [6.45, 7) is 3.99. The molecule has 1 aromatic rings. The molecule has 0 saturated carbocycles. The summed E-state index contributed by atoms with van der Waals surface area (Å²) in [6.07, 6.45) is 1.37. The van der Waals surface area contributed by atoms with E-state index in [1.807, 2.05) is 6.92 Å². The van der Waals surface area contributed by atoms with Gasteiger partial charge in [0.1, 0.15) is 5.82 Å². The molecule has 110 valence electrons. The van der Waals surface area contributed by atoms with Gasteiger partial charge in [0, 0.05) is 24.2 Å². The van der Waals surface area contributed by atoms with E-state index in [1.54, 1.807) is 12.1 Å². The molecule has 1 N–H and O–H groups in total. The van der Waals surface area contributed by atoms with E-state index in [0.29, 0.717) is 30.8 Å². The van der Waals surface area contributed by atoms with E-state index >= 15 is 0 Å². The fourth-order valence-electron chi connectivity index (χ4n) is 1.51. The fraction of sp³-hybridized carbons (Fsp3) is 0.500. The molecule has 0 heterocycles. The van der Waals surface area contributed by atoms with Gasteiger partial charge in [-0.25, -0.2) is 4.39 Å². The number of hydrogen-bond donors (Lipinski definition) is 1. The largest absolute Gasteiger partial charge is 0.395 e. The number of aliphatic hydroxyl groups excluding tert-OH is 1. The van der Waals surface area contributed by atoms with Crippen LogP contribution in [-0.2, 0) is 16.1 Å². The second-order valence-corrected chi connectivity index (χ2v) is 4.25. The Kier molecular flexibility index (Phi) is 8.64. The maximum atomic E-state index is 13.8. The minimum atomic E-state index is -0.324. The smallest absolute Gasteiger partial charge is 0.129 e. The predicted molar refractivity (Wildman–Crippen MR) is 75.7 cm³/mol. The Bertz CT molecular complexity index is 449. The number of hydrogen-bond acceptors (Lipinski definition) is 3. The molecule has 0 aromatic heterocycles. The zero-order chi connectivity index (χ0) is 14.6. The van der Waals surface area contributed by atoms with Crippen molar-refractivity contribution in [3.8, 4) is 11.8 Å². The van der Waals surface area contributed by atoms with E-state index in [4.69, 9.17) is 14.6 Å². The molecule has 0 aliphatic heterocycles. The lowest BCUT2D eigenvalue weighted by Crippen LogP contribution is -2.05. The first kappa shape index (κ1) is 16.6. The number of benzene rings is 1. The van der Waals surface area contributed by atoms with Crippen LogP contribution in [0.3, 0.4) is 0 Å². The number of rotatable bonds is 8. The van der Waals surface area contributed by atoms with Crippen LogP contribution in [-0.4, -0.2) is 31.5 Å². The molecule has 20 heavy (non-hydrogen) atoms. The van der Waals surface area contributed by atoms with Gasteiger partial charge >= 0.3 is 0 Å². The van der Waals surface area contributed by atoms with Gasteiger partial charge in [-0.2, -0.15) is 0 Å². The average Bonchev–Trinajstić information content (AvgIpc) is 2.45. The topological polar surface area (TPSA) is 38.7 Å². The summed E-state index contributed by atoms with van der Waals surface area (Å²) in [4.78, 5) is 0. The normalized spacial score (nSPS) is 10.2. The number of aliphatic hydroxyl groups is 1. The van der Waals surface area contributed by atoms with Gasteiger partial charge in [0.25, 0.3) is 0 Å². The zero-order valence-electron chi connectivity index (χ0n) is 11.8. The molecule has 1 aromatic carbocycles. The third-order valence-corrected chi connectivity index (χ3v) is 2.50. The second-order valence-electron chi connectivity index (χ2n) is 4.25. The van der Waals surface area contributed by atoms with Gasteiger partial charge in [0.2, 0.25) is 0 Å². The van der Waals surface area contributed by atoms with Crippen LogP contribution in [0.2, 0.25) is 0 Å². The lowest BCUT2D eigenvalue weighted by atomic mass is 10.1. The lowest BCUT2D eigenvalue weighted by molar-refractivity contribution is 0.0399. The summed E-state index contributed by atoms with van der Waals surface area (Å²) in [5, 5.41) is 8.61. The first-order valence-electron chi connectivity index (χ1n) is 6.81. The molecular weight excluding hydrogens is 259 g/mol. The van der Waals surface area contributed by atoms with Crippen LogP contribution in [0, 0.1) is 17.7 Å². The molecule has 1 rings (SSSR count). The van der Waals surface area contributed by atoms with Gasteiger partial charge in [-0.15, -0.1) is 0 Å². The van der Waals surface area contributed by atoms with Crippen LogP contribution in [0.4, 0.5) is 4.39 Å². The molecule has 0 saturated heterocycles. The first-order valence-corrected chi connectivity index (χ1v) is 6.81. The van der Waals surface area contributed by atoms with Crippen molar-refractivity contribution in [2.24, 2.45) is 0 Å². The van der Waals surface area contributed by atoms with Gasteiger partial charge in [-0.1, -0.05) is 24.8 Å². The third kappa shape index (κ3) is 6.67. The van der Waals surface area contributed by atoms with E-state index in [2.05, 4.69) is 11.8 Å². The summed E-state index contributed by atoms with van der Waals surface area (Å²) in [7, 11) is 0. The summed E-state index contributed by atoms with van der Waals surface area (Å²) >= 11 is 0. The summed E-state index contributed by atoms with van der Waals surface area (Å²) in [6, 6.07) is 4.81. The van der Waals surface area contributed by atoms with Crippen molar-refractivity contribution < 1.29 is 19.0 Å². The van der Waals surface area contributed by atoms with E-state index in [9.17, 15) is 4.39 Å². The third-order valence-electron chi connectivity index (χ3n) is 2.50. The highest BCUT2D eigenvalue weighted by Gasteiger charge is 2.03. The van der Waals surface area contributed by atoms with Gasteiger partial charge < -0.3 is 14.6 Å². The number of ether oxygens (including phenoxy) is 2. The van der Waals surface area contributed by atoms with Crippen LogP contribution < -0.4 is 0 Å². The Morgan fingerprint density at radius 1 is 1.20 bits per heavy atom. The first-order chi connectivity index (χ1) is 9.77. The van der Waals surface area contributed by atoms with Gasteiger partial charge in [0.05, 0.1) is 26.4 Å². The maximum absolute atomic E-state index is 13.8. The molecule has 0 atom stereocenters. The average molecular weight is 280 g/mol. The van der Waals surface area contributed by atoms with E-state index in [-0.39, 0.29) is 19.0 Å². The fourth-order valence-corrected chi connectivity index (χ4v) is 1.51. The Hall–Kier alpha value is -1.41. The Morgan fingerprint density at radius 3 is 2.70 bits per heavy atom. The molecule has 0 fully saturated rings. The number of halogens is 1. The van der Waals surface area contributed by atoms with Crippen LogP contribution in [0.15, 0.2) is 18.2 Å². The Labute approximate surface area is 119 Å². The Balaban J connectivity index is 2.38. The van der Waals surface area contributed by atoms with Crippen molar-refractivity contribution in [3.05, 3.63) is 35.1 Å². The molecule has 0 amide bonds. The Morgan fingerprint density at radius 2 is 2.00 bits per heavy atom. The highest BCUT2D eigenvalue weighted by atomic mass is 19.1. The zero-order valence-corrected chi connectivity index (χ0v) is 11.8. The molecule has 0 aliphatic carbocycles. The SMILES string of the molecule is CCCOCCOCc1ccc(C#CCCO)cc1F. The van der Waals surface area contributed by atoms with E-state index < -0.39 is 0 Å². The summed E-state index contributed by atoms with van der Waals surface area (Å²) in [5.74, 6) is 5.22. The molecule has 3 nitrogen and oxygen atoms in total. The van der Waals surface area contributed by atoms with Crippen LogP contribution in [0.5, 0.6) is 0 Å². The van der Waals surface area contributed by atoms with Crippen LogP contribution in [0.1, 0.15) is 30.9 Å². The molecule has 0 radical (unpaired) electrons. The van der Waals surface area contributed by atoms with Crippen molar-refractivity contribution in [1.82, 2.24) is 0 Å². The van der Waals surface area contributed by atoms with E-state index in [0.717, 1.165) is 13.0 Å².